The number of hydrogen-bond acceptors (Lipinski definition) is 5. The third-order valence-electron chi connectivity index (χ3n) is 4.73. The van der Waals surface area contributed by atoms with Crippen LogP contribution in [0.15, 0.2) is 66.7 Å². The van der Waals surface area contributed by atoms with E-state index >= 15 is 0 Å². The maximum atomic E-state index is 12.7. The van der Waals surface area contributed by atoms with E-state index in [9.17, 15) is 9.59 Å². The SMILES string of the molecule is Cc1cccc(Cl)c1NC(=O)c1ccc2nc(NC(=O)NCCOc3ccccc3)sc2c1. The molecule has 3 amide bonds. The lowest BCUT2D eigenvalue weighted by molar-refractivity contribution is 0.102. The van der Waals surface area contributed by atoms with Crippen molar-refractivity contribution in [1.82, 2.24) is 10.3 Å². The Morgan fingerprint density at radius 2 is 1.85 bits per heavy atom. The zero-order chi connectivity index (χ0) is 23.2. The fourth-order valence-electron chi connectivity index (χ4n) is 3.09. The Morgan fingerprint density at radius 3 is 2.64 bits per heavy atom. The molecule has 0 aliphatic heterocycles. The summed E-state index contributed by atoms with van der Waals surface area (Å²) in [5.74, 6) is 0.475. The standard InChI is InChI=1S/C24H21ClN4O3S/c1-15-6-5-9-18(25)21(15)28-22(30)16-10-11-19-20(14-16)33-24(27-19)29-23(31)26-12-13-32-17-7-3-2-4-8-17/h2-11,14H,12-13H2,1H3,(H,28,30)(H2,26,27,29,31). The van der Waals surface area contributed by atoms with Gasteiger partial charge < -0.3 is 15.4 Å². The zero-order valence-electron chi connectivity index (χ0n) is 17.7. The minimum atomic E-state index is -0.377. The summed E-state index contributed by atoms with van der Waals surface area (Å²) in [5.41, 5.74) is 2.62. The minimum Gasteiger partial charge on any atom is -0.492 e. The number of amides is 3. The normalized spacial score (nSPS) is 10.6. The van der Waals surface area contributed by atoms with Gasteiger partial charge in [-0.1, -0.05) is 53.3 Å². The minimum absolute atomic E-state index is 0.271. The van der Waals surface area contributed by atoms with Crippen LogP contribution in [0.4, 0.5) is 15.6 Å². The van der Waals surface area contributed by atoms with E-state index in [0.717, 1.165) is 16.0 Å². The van der Waals surface area contributed by atoms with Gasteiger partial charge in [-0.15, -0.1) is 0 Å². The number of halogens is 1. The number of hydrogen-bond donors (Lipinski definition) is 3. The Balaban J connectivity index is 1.34. The predicted octanol–water partition coefficient (Wildman–Crippen LogP) is 5.71. The number of carbonyl (C=O) groups excluding carboxylic acids is 2. The topological polar surface area (TPSA) is 92.4 Å². The summed E-state index contributed by atoms with van der Waals surface area (Å²) in [6, 6.07) is 19.6. The average molecular weight is 481 g/mol. The molecule has 0 spiro atoms. The summed E-state index contributed by atoms with van der Waals surface area (Å²) in [6.07, 6.45) is 0. The smallest absolute Gasteiger partial charge is 0.321 e. The van der Waals surface area contributed by atoms with Gasteiger partial charge in [0.05, 0.1) is 27.5 Å². The van der Waals surface area contributed by atoms with Crippen molar-refractivity contribution in [2.24, 2.45) is 0 Å². The van der Waals surface area contributed by atoms with Crippen molar-refractivity contribution in [3.05, 3.63) is 82.9 Å². The van der Waals surface area contributed by atoms with Gasteiger partial charge in [0.2, 0.25) is 0 Å². The van der Waals surface area contributed by atoms with Gasteiger partial charge in [-0.2, -0.15) is 0 Å². The Hall–Kier alpha value is -3.62. The van der Waals surface area contributed by atoms with Crippen LogP contribution < -0.4 is 20.7 Å². The summed E-state index contributed by atoms with van der Waals surface area (Å²) >= 11 is 7.49. The molecule has 0 radical (unpaired) electrons. The number of fused-ring (bicyclic) bond motifs is 1. The van der Waals surface area contributed by atoms with E-state index in [1.165, 1.54) is 11.3 Å². The van der Waals surface area contributed by atoms with Gasteiger partial charge in [0.15, 0.2) is 5.13 Å². The number of urea groups is 1. The van der Waals surface area contributed by atoms with Gasteiger partial charge in [-0.3, -0.25) is 10.1 Å². The molecule has 168 valence electrons. The van der Waals surface area contributed by atoms with Crippen LogP contribution in [-0.2, 0) is 0 Å². The van der Waals surface area contributed by atoms with Gasteiger partial charge in [0, 0.05) is 5.56 Å². The van der Waals surface area contributed by atoms with Crippen molar-refractivity contribution in [1.29, 1.82) is 0 Å². The van der Waals surface area contributed by atoms with Gasteiger partial charge in [0.1, 0.15) is 12.4 Å². The third kappa shape index (κ3) is 5.79. The van der Waals surface area contributed by atoms with Crippen LogP contribution in [0.3, 0.4) is 0 Å². The van der Waals surface area contributed by atoms with Crippen molar-refractivity contribution in [2.75, 3.05) is 23.8 Å². The van der Waals surface area contributed by atoms with Crippen LogP contribution in [0.5, 0.6) is 5.75 Å². The number of nitrogens with zero attached hydrogens (tertiary/aromatic N) is 1. The van der Waals surface area contributed by atoms with Crippen molar-refractivity contribution in [3.8, 4) is 5.75 Å². The number of benzene rings is 3. The number of nitrogens with one attached hydrogen (secondary N) is 3. The van der Waals surface area contributed by atoms with E-state index in [2.05, 4.69) is 20.9 Å². The van der Waals surface area contributed by atoms with Crippen LogP contribution in [0.2, 0.25) is 5.02 Å². The largest absolute Gasteiger partial charge is 0.492 e. The third-order valence-corrected chi connectivity index (χ3v) is 5.98. The second-order valence-corrected chi connectivity index (χ2v) is 8.57. The number of carbonyl (C=O) groups is 2. The second kappa shape index (κ2) is 10.3. The van der Waals surface area contributed by atoms with Crippen molar-refractivity contribution in [2.45, 2.75) is 6.92 Å². The molecule has 0 unspecified atom stereocenters. The van der Waals surface area contributed by atoms with E-state index < -0.39 is 0 Å². The Morgan fingerprint density at radius 1 is 1.03 bits per heavy atom. The molecule has 0 saturated carbocycles. The summed E-state index contributed by atoms with van der Waals surface area (Å²) in [4.78, 5) is 29.3. The van der Waals surface area contributed by atoms with Gasteiger partial charge in [-0.25, -0.2) is 9.78 Å². The molecule has 0 fully saturated rings. The van der Waals surface area contributed by atoms with Gasteiger partial charge >= 0.3 is 6.03 Å². The summed E-state index contributed by atoms with van der Waals surface area (Å²) in [5, 5.41) is 9.22. The average Bonchev–Trinajstić information content (AvgIpc) is 3.21. The van der Waals surface area contributed by atoms with Crippen LogP contribution in [-0.4, -0.2) is 30.1 Å². The molecular formula is C24H21ClN4O3S. The number of aromatic nitrogens is 1. The van der Waals surface area contributed by atoms with E-state index in [0.29, 0.717) is 40.1 Å². The van der Waals surface area contributed by atoms with E-state index in [-0.39, 0.29) is 11.9 Å². The maximum Gasteiger partial charge on any atom is 0.321 e. The van der Waals surface area contributed by atoms with E-state index in [1.807, 2.05) is 49.4 Å². The molecule has 0 aliphatic rings. The molecule has 0 aliphatic carbocycles. The monoisotopic (exact) mass is 480 g/mol. The highest BCUT2D eigenvalue weighted by molar-refractivity contribution is 7.22. The Kier molecular flexibility index (Phi) is 7.07. The summed E-state index contributed by atoms with van der Waals surface area (Å²) < 4.78 is 6.32. The molecule has 1 heterocycles. The molecule has 3 N–H and O–H groups in total. The van der Waals surface area contributed by atoms with Crippen molar-refractivity contribution in [3.63, 3.8) is 0 Å². The van der Waals surface area contributed by atoms with Gasteiger partial charge in [0.25, 0.3) is 5.91 Å². The van der Waals surface area contributed by atoms with Crippen LogP contribution >= 0.6 is 22.9 Å². The van der Waals surface area contributed by atoms with Crippen LogP contribution in [0.1, 0.15) is 15.9 Å². The fraction of sp³-hybridized carbons (Fsp3) is 0.125. The highest BCUT2D eigenvalue weighted by Crippen LogP contribution is 2.29. The highest BCUT2D eigenvalue weighted by atomic mass is 35.5. The lowest BCUT2D eigenvalue weighted by Crippen LogP contribution is -2.32. The first kappa shape index (κ1) is 22.6. The molecule has 3 aromatic carbocycles. The van der Waals surface area contributed by atoms with E-state index in [4.69, 9.17) is 16.3 Å². The molecule has 0 bridgehead atoms. The molecule has 0 atom stereocenters. The number of aryl methyl sites for hydroxylation is 1. The van der Waals surface area contributed by atoms with Crippen LogP contribution in [0, 0.1) is 6.92 Å². The van der Waals surface area contributed by atoms with Gasteiger partial charge in [-0.05, 0) is 48.9 Å². The number of ether oxygens (including phenoxy) is 1. The quantitative estimate of drug-likeness (QED) is 0.295. The molecule has 7 nitrogen and oxygen atoms in total. The Labute approximate surface area is 199 Å². The molecule has 9 heteroatoms. The zero-order valence-corrected chi connectivity index (χ0v) is 19.3. The van der Waals surface area contributed by atoms with Crippen LogP contribution in [0.25, 0.3) is 10.2 Å². The predicted molar refractivity (Wildman–Crippen MR) is 133 cm³/mol. The first-order valence-corrected chi connectivity index (χ1v) is 11.4. The number of anilines is 2. The van der Waals surface area contributed by atoms with Crippen molar-refractivity contribution >= 4 is 55.9 Å². The molecule has 4 rings (SSSR count). The Bertz CT molecular complexity index is 1270. The first-order valence-electron chi connectivity index (χ1n) is 10.2. The second-order valence-electron chi connectivity index (χ2n) is 7.13. The lowest BCUT2D eigenvalue weighted by atomic mass is 10.1. The first-order chi connectivity index (χ1) is 16.0. The number of thiazole rings is 1. The van der Waals surface area contributed by atoms with E-state index in [1.54, 1.807) is 24.3 Å². The highest BCUT2D eigenvalue weighted by Gasteiger charge is 2.13. The summed E-state index contributed by atoms with van der Waals surface area (Å²) in [6.45, 7) is 2.57. The number of rotatable bonds is 7. The van der Waals surface area contributed by atoms with Crippen molar-refractivity contribution < 1.29 is 14.3 Å². The maximum absolute atomic E-state index is 12.7. The molecule has 1 aromatic heterocycles. The number of para-hydroxylation sites is 2. The molecule has 4 aromatic rings. The lowest BCUT2D eigenvalue weighted by Gasteiger charge is -2.10. The molecule has 0 saturated heterocycles. The molecular weight excluding hydrogens is 460 g/mol. The summed E-state index contributed by atoms with van der Waals surface area (Å²) in [7, 11) is 0. The fourth-order valence-corrected chi connectivity index (χ4v) is 4.26. The molecule has 33 heavy (non-hydrogen) atoms.